The van der Waals surface area contributed by atoms with Crippen molar-refractivity contribution in [2.24, 2.45) is 0 Å². The number of sulfonamides is 1. The Hall–Kier alpha value is -1.66. The number of nitrogens with one attached hydrogen (secondary N) is 1. The fourth-order valence-corrected chi connectivity index (χ4v) is 1.85. The molecule has 0 radical (unpaired) electrons. The molecule has 0 amide bonds. The molecule has 9 heteroatoms. The Morgan fingerprint density at radius 3 is 2.53 bits per heavy atom. The topological polar surface area (TPSA) is 134 Å². The summed E-state index contributed by atoms with van der Waals surface area (Å²) in [6, 6.07) is -0.0582. The number of nitriles is 1. The Balaban J connectivity index is 4.52. The normalized spacial score (nSPS) is 12.5. The van der Waals surface area contributed by atoms with Crippen molar-refractivity contribution < 1.29 is 27.9 Å². The first-order valence-electron chi connectivity index (χ1n) is 4.49. The number of methoxy groups -OCH3 is 1. The lowest BCUT2D eigenvalue weighted by Crippen LogP contribution is -2.41. The molecular formula is C8H12N2O6S. The molecule has 0 aromatic heterocycles. The molecule has 0 aliphatic rings. The number of carbonyl (C=O) groups is 2. The molecule has 96 valence electrons. The lowest BCUT2D eigenvalue weighted by molar-refractivity contribution is -0.142. The maximum atomic E-state index is 11.1. The Morgan fingerprint density at radius 2 is 2.12 bits per heavy atom. The Bertz CT molecular complexity index is 424. The van der Waals surface area contributed by atoms with Gasteiger partial charge in [0.15, 0.2) is 5.75 Å². The van der Waals surface area contributed by atoms with Gasteiger partial charge in [0.05, 0.1) is 13.2 Å². The fraction of sp³-hybridized carbons (Fsp3) is 0.625. The highest BCUT2D eigenvalue weighted by Crippen LogP contribution is 2.01. The predicted molar refractivity (Wildman–Crippen MR) is 55.2 cm³/mol. The number of esters is 1. The fourth-order valence-electron chi connectivity index (χ4n) is 0.940. The van der Waals surface area contributed by atoms with Crippen LogP contribution in [0.5, 0.6) is 0 Å². The van der Waals surface area contributed by atoms with Gasteiger partial charge < -0.3 is 9.84 Å². The Morgan fingerprint density at radius 1 is 1.53 bits per heavy atom. The van der Waals surface area contributed by atoms with E-state index in [0.717, 1.165) is 7.11 Å². The molecule has 0 spiro atoms. The van der Waals surface area contributed by atoms with E-state index in [1.165, 1.54) is 6.07 Å². The second-order valence-electron chi connectivity index (χ2n) is 3.04. The second-order valence-corrected chi connectivity index (χ2v) is 4.79. The summed E-state index contributed by atoms with van der Waals surface area (Å²) in [5, 5.41) is 16.9. The number of nitrogens with zero attached hydrogens (tertiary/aromatic N) is 1. The molecule has 0 aromatic carbocycles. The van der Waals surface area contributed by atoms with Crippen molar-refractivity contribution in [2.45, 2.75) is 18.9 Å². The molecule has 0 aliphatic carbocycles. The van der Waals surface area contributed by atoms with Crippen LogP contribution in [0.25, 0.3) is 0 Å². The van der Waals surface area contributed by atoms with Crippen LogP contribution in [0, 0.1) is 11.3 Å². The molecule has 0 unspecified atom stereocenters. The molecular weight excluding hydrogens is 252 g/mol. The summed E-state index contributed by atoms with van der Waals surface area (Å²) in [6.07, 6.45) is -0.477. The number of carboxylic acid groups (broad SMARTS) is 1. The van der Waals surface area contributed by atoms with Gasteiger partial charge in [-0.2, -0.15) is 5.26 Å². The van der Waals surface area contributed by atoms with Crippen molar-refractivity contribution >= 4 is 22.0 Å². The minimum absolute atomic E-state index is 0.234. The van der Waals surface area contributed by atoms with E-state index in [2.05, 4.69) is 4.74 Å². The molecule has 0 bridgehead atoms. The summed E-state index contributed by atoms with van der Waals surface area (Å²) < 4.78 is 28.4. The van der Waals surface area contributed by atoms with E-state index < -0.39 is 33.8 Å². The molecule has 0 heterocycles. The van der Waals surface area contributed by atoms with Crippen LogP contribution in [0.1, 0.15) is 12.8 Å². The highest BCUT2D eigenvalue weighted by Gasteiger charge is 2.24. The van der Waals surface area contributed by atoms with Gasteiger partial charge in [-0.1, -0.05) is 0 Å². The van der Waals surface area contributed by atoms with Crippen LogP contribution < -0.4 is 4.72 Å². The van der Waals surface area contributed by atoms with Crippen LogP contribution in [0.15, 0.2) is 0 Å². The Labute approximate surface area is 98.2 Å². The van der Waals surface area contributed by atoms with E-state index >= 15 is 0 Å². The van der Waals surface area contributed by atoms with E-state index in [4.69, 9.17) is 10.4 Å². The number of rotatable bonds is 7. The summed E-state index contributed by atoms with van der Waals surface area (Å²) in [4.78, 5) is 21.5. The number of hydrogen-bond donors (Lipinski definition) is 2. The third-order valence-corrected chi connectivity index (χ3v) is 2.89. The van der Waals surface area contributed by atoms with Crippen LogP contribution in [0.4, 0.5) is 0 Å². The summed E-state index contributed by atoms with van der Waals surface area (Å²) in [7, 11) is -2.84. The number of aliphatic carboxylic acids is 1. The largest absolute Gasteiger partial charge is 0.480 e. The van der Waals surface area contributed by atoms with Crippen molar-refractivity contribution in [3.05, 3.63) is 0 Å². The number of carbonyl (C=O) groups excluding carboxylic acids is 1. The highest BCUT2D eigenvalue weighted by molar-refractivity contribution is 7.89. The number of hydrogen-bond acceptors (Lipinski definition) is 6. The monoisotopic (exact) mass is 264 g/mol. The van der Waals surface area contributed by atoms with Gasteiger partial charge in [-0.25, -0.2) is 13.1 Å². The average Bonchev–Trinajstić information content (AvgIpc) is 2.23. The number of ether oxygens (including phenoxy) is 1. The Kier molecular flexibility index (Phi) is 6.16. The molecule has 17 heavy (non-hydrogen) atoms. The molecule has 8 nitrogen and oxygen atoms in total. The van der Waals surface area contributed by atoms with Crippen molar-refractivity contribution in [1.29, 1.82) is 5.26 Å². The maximum absolute atomic E-state index is 11.1. The molecule has 0 aliphatic heterocycles. The van der Waals surface area contributed by atoms with Crippen LogP contribution >= 0.6 is 0 Å². The van der Waals surface area contributed by atoms with Crippen molar-refractivity contribution in [1.82, 2.24) is 4.72 Å². The van der Waals surface area contributed by atoms with Gasteiger partial charge in [0.1, 0.15) is 6.04 Å². The van der Waals surface area contributed by atoms with Gasteiger partial charge in [-0.3, -0.25) is 9.59 Å². The summed E-state index contributed by atoms with van der Waals surface area (Å²) >= 11 is 0. The minimum Gasteiger partial charge on any atom is -0.480 e. The summed E-state index contributed by atoms with van der Waals surface area (Å²) in [6.45, 7) is 0. The number of carboxylic acids is 1. The van der Waals surface area contributed by atoms with Gasteiger partial charge in [0, 0.05) is 6.42 Å². The van der Waals surface area contributed by atoms with Crippen LogP contribution in [-0.4, -0.2) is 44.4 Å². The van der Waals surface area contributed by atoms with Gasteiger partial charge >= 0.3 is 11.9 Å². The van der Waals surface area contributed by atoms with E-state index in [-0.39, 0.29) is 12.8 Å². The average molecular weight is 264 g/mol. The first-order valence-corrected chi connectivity index (χ1v) is 6.14. The molecule has 0 aromatic rings. The molecule has 1 atom stereocenters. The molecule has 0 rings (SSSR count). The van der Waals surface area contributed by atoms with Gasteiger partial charge in [0.2, 0.25) is 10.0 Å². The van der Waals surface area contributed by atoms with Crippen LogP contribution in [0.3, 0.4) is 0 Å². The van der Waals surface area contributed by atoms with E-state index in [0.29, 0.717) is 0 Å². The quantitative estimate of drug-likeness (QED) is 0.553. The standard InChI is InChI=1S/C8H12N2O6S/c1-16-7(11)3-2-6(8(12)13)10-17(14,15)5-4-9/h6,10H,2-3,5H2,1H3,(H,12,13)/t6-/m1/s1. The maximum Gasteiger partial charge on any atom is 0.321 e. The van der Waals surface area contributed by atoms with Crippen molar-refractivity contribution in [3.8, 4) is 6.07 Å². The third kappa shape index (κ3) is 6.49. The molecule has 0 saturated carbocycles. The van der Waals surface area contributed by atoms with Crippen molar-refractivity contribution in [2.75, 3.05) is 12.9 Å². The van der Waals surface area contributed by atoms with Gasteiger partial charge in [-0.05, 0) is 6.42 Å². The van der Waals surface area contributed by atoms with Crippen molar-refractivity contribution in [3.63, 3.8) is 0 Å². The first kappa shape index (κ1) is 15.3. The highest BCUT2D eigenvalue weighted by atomic mass is 32.2. The van der Waals surface area contributed by atoms with E-state index in [1.54, 1.807) is 0 Å². The zero-order chi connectivity index (χ0) is 13.5. The first-order chi connectivity index (χ1) is 7.82. The molecule has 2 N–H and O–H groups in total. The predicted octanol–water partition coefficient (Wildman–Crippen LogP) is -1.16. The molecule has 0 saturated heterocycles. The summed E-state index contributed by atoms with van der Waals surface area (Å²) in [5.74, 6) is -2.90. The zero-order valence-electron chi connectivity index (χ0n) is 9.04. The van der Waals surface area contributed by atoms with E-state index in [1.807, 2.05) is 4.72 Å². The van der Waals surface area contributed by atoms with Gasteiger partial charge in [0.25, 0.3) is 0 Å². The lowest BCUT2D eigenvalue weighted by Gasteiger charge is -2.12. The van der Waals surface area contributed by atoms with Crippen LogP contribution in [0.2, 0.25) is 0 Å². The summed E-state index contributed by atoms with van der Waals surface area (Å²) in [5.41, 5.74) is 0. The van der Waals surface area contributed by atoms with E-state index in [9.17, 15) is 18.0 Å². The van der Waals surface area contributed by atoms with Crippen LogP contribution in [-0.2, 0) is 24.3 Å². The SMILES string of the molecule is COC(=O)CC[C@@H](NS(=O)(=O)CC#N)C(=O)O. The zero-order valence-corrected chi connectivity index (χ0v) is 9.86. The van der Waals surface area contributed by atoms with Gasteiger partial charge in [-0.15, -0.1) is 0 Å². The second kappa shape index (κ2) is 6.82. The minimum atomic E-state index is -3.97. The third-order valence-electron chi connectivity index (χ3n) is 1.74. The smallest absolute Gasteiger partial charge is 0.321 e. The lowest BCUT2D eigenvalue weighted by atomic mass is 10.2. The molecule has 0 fully saturated rings.